The summed E-state index contributed by atoms with van der Waals surface area (Å²) in [7, 11) is 1.23. The first-order valence-electron chi connectivity index (χ1n) is 8.01. The van der Waals surface area contributed by atoms with Crippen molar-refractivity contribution in [2.24, 2.45) is 0 Å². The molecule has 0 fully saturated rings. The standard InChI is InChI=1S/C19H11FN2O6/c1-27-15-6-11-14(7-13(15)20)21-8-12(16(11)23)19(26)28-22-17(24)9-4-2-3-5-10(9)18(22)25/h2-8H,1H3,(H,21,23). The number of hydroxylamine groups is 2. The molecule has 140 valence electrons. The van der Waals surface area contributed by atoms with Gasteiger partial charge in [-0.25, -0.2) is 9.18 Å². The first-order chi connectivity index (χ1) is 13.4. The fourth-order valence-electron chi connectivity index (χ4n) is 2.91. The summed E-state index contributed by atoms with van der Waals surface area (Å²) in [5.74, 6) is -3.69. The highest BCUT2D eigenvalue weighted by Crippen LogP contribution is 2.24. The van der Waals surface area contributed by atoms with Gasteiger partial charge in [0.15, 0.2) is 11.6 Å². The quantitative estimate of drug-likeness (QED) is 0.695. The van der Waals surface area contributed by atoms with Crippen LogP contribution in [0.3, 0.4) is 0 Å². The van der Waals surface area contributed by atoms with Crippen molar-refractivity contribution in [2.75, 3.05) is 7.11 Å². The van der Waals surface area contributed by atoms with Gasteiger partial charge in [0.2, 0.25) is 5.43 Å². The molecule has 0 spiro atoms. The van der Waals surface area contributed by atoms with Gasteiger partial charge in [-0.15, -0.1) is 0 Å². The predicted molar refractivity (Wildman–Crippen MR) is 93.4 cm³/mol. The number of hydrogen-bond donors (Lipinski definition) is 1. The molecule has 4 rings (SSSR count). The highest BCUT2D eigenvalue weighted by atomic mass is 19.1. The van der Waals surface area contributed by atoms with Crippen LogP contribution < -0.4 is 10.2 Å². The molecule has 9 heteroatoms. The lowest BCUT2D eigenvalue weighted by Gasteiger charge is -2.12. The Hall–Kier alpha value is -4.01. The van der Waals surface area contributed by atoms with Gasteiger partial charge < -0.3 is 14.6 Å². The van der Waals surface area contributed by atoms with E-state index in [9.17, 15) is 23.6 Å². The number of pyridine rings is 1. The highest BCUT2D eigenvalue weighted by Gasteiger charge is 2.39. The summed E-state index contributed by atoms with van der Waals surface area (Å²) in [6.07, 6.45) is 1.02. The Kier molecular flexibility index (Phi) is 3.92. The number of fused-ring (bicyclic) bond motifs is 2. The van der Waals surface area contributed by atoms with E-state index in [4.69, 9.17) is 9.57 Å². The van der Waals surface area contributed by atoms with E-state index in [1.54, 1.807) is 12.1 Å². The number of halogens is 1. The summed E-state index contributed by atoms with van der Waals surface area (Å²) in [5, 5.41) is 0.289. The number of rotatable bonds is 3. The summed E-state index contributed by atoms with van der Waals surface area (Å²) >= 11 is 0. The van der Waals surface area contributed by atoms with E-state index in [0.717, 1.165) is 18.3 Å². The lowest BCUT2D eigenvalue weighted by atomic mass is 10.1. The fourth-order valence-corrected chi connectivity index (χ4v) is 2.91. The normalized spacial score (nSPS) is 13.0. The SMILES string of the molecule is COc1cc2c(=O)c(C(=O)ON3C(=O)c4ccccc4C3=O)c[nH]c2cc1F. The van der Waals surface area contributed by atoms with Crippen molar-refractivity contribution in [1.82, 2.24) is 10.0 Å². The van der Waals surface area contributed by atoms with Crippen LogP contribution in [0.4, 0.5) is 4.39 Å². The monoisotopic (exact) mass is 382 g/mol. The van der Waals surface area contributed by atoms with E-state index < -0.39 is 34.6 Å². The molecule has 1 N–H and O–H groups in total. The van der Waals surface area contributed by atoms with Crippen LogP contribution >= 0.6 is 0 Å². The second-order valence-corrected chi connectivity index (χ2v) is 5.89. The number of H-pyrrole nitrogens is 1. The average Bonchev–Trinajstić information content (AvgIpc) is 2.93. The molecule has 1 aliphatic heterocycles. The van der Waals surface area contributed by atoms with Gasteiger partial charge in [0.05, 0.1) is 29.1 Å². The van der Waals surface area contributed by atoms with E-state index in [2.05, 4.69) is 4.98 Å². The van der Waals surface area contributed by atoms with Crippen LogP contribution in [-0.2, 0) is 4.84 Å². The molecule has 2 heterocycles. The van der Waals surface area contributed by atoms with Crippen LogP contribution in [0.5, 0.6) is 5.75 Å². The lowest BCUT2D eigenvalue weighted by Crippen LogP contribution is -2.34. The Morgan fingerprint density at radius 1 is 1.07 bits per heavy atom. The van der Waals surface area contributed by atoms with Crippen molar-refractivity contribution in [3.05, 3.63) is 75.3 Å². The van der Waals surface area contributed by atoms with Crippen LogP contribution in [-0.4, -0.2) is 34.9 Å². The third kappa shape index (κ3) is 2.52. The van der Waals surface area contributed by atoms with Crippen molar-refractivity contribution < 1.29 is 28.3 Å². The van der Waals surface area contributed by atoms with Gasteiger partial charge >= 0.3 is 5.97 Å². The molecule has 0 saturated carbocycles. The maximum atomic E-state index is 13.8. The second kappa shape index (κ2) is 6.31. The van der Waals surface area contributed by atoms with Crippen LogP contribution in [0, 0.1) is 5.82 Å². The number of nitrogens with zero attached hydrogens (tertiary/aromatic N) is 1. The van der Waals surface area contributed by atoms with Crippen molar-refractivity contribution in [1.29, 1.82) is 0 Å². The Balaban J connectivity index is 1.70. The van der Waals surface area contributed by atoms with Crippen molar-refractivity contribution in [3.63, 3.8) is 0 Å². The van der Waals surface area contributed by atoms with E-state index in [1.165, 1.54) is 19.2 Å². The Morgan fingerprint density at radius 3 is 2.32 bits per heavy atom. The van der Waals surface area contributed by atoms with Gasteiger partial charge in [-0.2, -0.15) is 0 Å². The van der Waals surface area contributed by atoms with E-state index in [0.29, 0.717) is 5.06 Å². The number of carbonyl (C=O) groups excluding carboxylic acids is 3. The molecule has 0 radical (unpaired) electrons. The molecule has 1 aliphatic rings. The summed E-state index contributed by atoms with van der Waals surface area (Å²) in [6.45, 7) is 0. The van der Waals surface area contributed by atoms with Gasteiger partial charge in [0.25, 0.3) is 11.8 Å². The van der Waals surface area contributed by atoms with Crippen LogP contribution in [0.15, 0.2) is 47.4 Å². The second-order valence-electron chi connectivity index (χ2n) is 5.89. The summed E-state index contributed by atoms with van der Waals surface area (Å²) < 4.78 is 18.6. The summed E-state index contributed by atoms with van der Waals surface area (Å²) in [6, 6.07) is 8.17. The molecule has 8 nitrogen and oxygen atoms in total. The molecule has 1 aromatic heterocycles. The smallest absolute Gasteiger partial charge is 0.369 e. The highest BCUT2D eigenvalue weighted by molar-refractivity contribution is 6.21. The molecule has 0 unspecified atom stereocenters. The zero-order chi connectivity index (χ0) is 20.0. The first kappa shape index (κ1) is 17.4. The lowest BCUT2D eigenvalue weighted by molar-refractivity contribution is -0.0585. The molecule has 0 bridgehead atoms. The zero-order valence-corrected chi connectivity index (χ0v) is 14.3. The number of methoxy groups -OCH3 is 1. The maximum absolute atomic E-state index is 13.8. The maximum Gasteiger partial charge on any atom is 0.369 e. The number of carbonyl (C=O) groups is 3. The van der Waals surface area contributed by atoms with Gasteiger partial charge in [0.1, 0.15) is 5.56 Å². The molecular formula is C19H11FN2O6. The minimum atomic E-state index is -1.21. The molecule has 2 aromatic carbocycles. The van der Waals surface area contributed by atoms with Gasteiger partial charge in [-0.1, -0.05) is 17.2 Å². The van der Waals surface area contributed by atoms with Crippen LogP contribution in [0.1, 0.15) is 31.1 Å². The van der Waals surface area contributed by atoms with Gasteiger partial charge in [-0.05, 0) is 18.2 Å². The largest absolute Gasteiger partial charge is 0.494 e. The third-order valence-electron chi connectivity index (χ3n) is 4.30. The van der Waals surface area contributed by atoms with Crippen LogP contribution in [0.25, 0.3) is 10.9 Å². The number of benzene rings is 2. The third-order valence-corrected chi connectivity index (χ3v) is 4.30. The van der Waals surface area contributed by atoms with E-state index in [1.807, 2.05) is 0 Å². The number of imide groups is 1. The minimum absolute atomic E-state index is 0.0185. The van der Waals surface area contributed by atoms with E-state index >= 15 is 0 Å². The van der Waals surface area contributed by atoms with Gasteiger partial charge in [-0.3, -0.25) is 14.4 Å². The molecule has 28 heavy (non-hydrogen) atoms. The number of hydrogen-bond acceptors (Lipinski definition) is 6. The van der Waals surface area contributed by atoms with E-state index in [-0.39, 0.29) is 27.8 Å². The summed E-state index contributed by atoms with van der Waals surface area (Å²) in [5.41, 5.74) is -0.909. The predicted octanol–water partition coefficient (Wildman–Crippen LogP) is 2.04. The van der Waals surface area contributed by atoms with Gasteiger partial charge in [0, 0.05) is 12.3 Å². The summed E-state index contributed by atoms with van der Waals surface area (Å²) in [4.78, 5) is 57.1. The number of amides is 2. The van der Waals surface area contributed by atoms with Crippen molar-refractivity contribution in [3.8, 4) is 5.75 Å². The fraction of sp³-hybridized carbons (Fsp3) is 0.0526. The van der Waals surface area contributed by atoms with Crippen molar-refractivity contribution in [2.45, 2.75) is 0 Å². The zero-order valence-electron chi connectivity index (χ0n) is 14.3. The van der Waals surface area contributed by atoms with Crippen molar-refractivity contribution >= 4 is 28.7 Å². The molecule has 3 aromatic rings. The Bertz CT molecular complexity index is 1200. The number of aromatic amines is 1. The first-order valence-corrected chi connectivity index (χ1v) is 8.01. The molecule has 0 saturated heterocycles. The number of nitrogens with one attached hydrogen (secondary N) is 1. The molecular weight excluding hydrogens is 371 g/mol. The molecule has 2 amide bonds. The number of ether oxygens (including phenoxy) is 1. The molecule has 0 aliphatic carbocycles. The Labute approximate surface area is 156 Å². The topological polar surface area (TPSA) is 106 Å². The van der Waals surface area contributed by atoms with Crippen LogP contribution in [0.2, 0.25) is 0 Å². The Morgan fingerprint density at radius 2 is 1.71 bits per heavy atom. The molecule has 0 atom stereocenters. The average molecular weight is 382 g/mol. The minimum Gasteiger partial charge on any atom is -0.494 e. The number of aromatic nitrogens is 1.